The molecule has 0 unspecified atom stereocenters. The molecule has 0 saturated heterocycles. The number of carbonyl (C=O) groups is 1. The summed E-state index contributed by atoms with van der Waals surface area (Å²) in [4.78, 5) is 14.7. The number of hydrogen-bond acceptors (Lipinski definition) is 3. The summed E-state index contributed by atoms with van der Waals surface area (Å²) in [6, 6.07) is 9.43. The van der Waals surface area contributed by atoms with E-state index in [2.05, 4.69) is 24.9 Å². The topological polar surface area (TPSA) is 65.9 Å². The Kier molecular flexibility index (Phi) is 4.44. The first-order chi connectivity index (χ1) is 10.0. The third-order valence-corrected chi connectivity index (χ3v) is 3.41. The van der Waals surface area contributed by atoms with Gasteiger partial charge in [0.25, 0.3) is 0 Å². The van der Waals surface area contributed by atoms with Crippen molar-refractivity contribution in [1.82, 2.24) is 4.98 Å². The van der Waals surface area contributed by atoms with E-state index < -0.39 is 0 Å². The van der Waals surface area contributed by atoms with Crippen molar-refractivity contribution in [3.05, 3.63) is 58.4 Å². The molecule has 0 aliphatic carbocycles. The number of aryl methyl sites for hydroxylation is 1. The Labute approximate surface area is 124 Å². The second-order valence-corrected chi connectivity index (χ2v) is 5.29. The fraction of sp³-hybridized carbons (Fsp3) is 0.294. The minimum Gasteiger partial charge on any atom is -0.456 e. The summed E-state index contributed by atoms with van der Waals surface area (Å²) in [5.41, 5.74) is 3.98. The molecule has 0 fully saturated rings. The van der Waals surface area contributed by atoms with Gasteiger partial charge in [0.05, 0.1) is 11.6 Å². The van der Waals surface area contributed by atoms with Crippen molar-refractivity contribution in [2.45, 2.75) is 33.3 Å². The molecular weight excluding hydrogens is 264 g/mol. The van der Waals surface area contributed by atoms with Crippen LogP contribution in [-0.4, -0.2) is 11.0 Å². The van der Waals surface area contributed by atoms with Gasteiger partial charge < -0.3 is 9.72 Å². The molecule has 0 spiro atoms. The molecule has 2 aromatic rings. The number of nitriles is 1. The Morgan fingerprint density at radius 3 is 2.76 bits per heavy atom. The van der Waals surface area contributed by atoms with E-state index in [4.69, 9.17) is 10.00 Å². The van der Waals surface area contributed by atoms with Gasteiger partial charge in [-0.15, -0.1) is 0 Å². The summed E-state index contributed by atoms with van der Waals surface area (Å²) in [7, 11) is 0. The van der Waals surface area contributed by atoms with Crippen LogP contribution in [-0.2, 0) is 11.3 Å². The van der Waals surface area contributed by atoms with Crippen molar-refractivity contribution in [3.8, 4) is 6.07 Å². The first-order valence-corrected chi connectivity index (χ1v) is 6.87. The van der Waals surface area contributed by atoms with Crippen LogP contribution in [0.1, 0.15) is 52.5 Å². The molecule has 1 N–H and O–H groups in total. The van der Waals surface area contributed by atoms with Crippen LogP contribution >= 0.6 is 0 Å². The highest BCUT2D eigenvalue weighted by atomic mass is 16.5. The second kappa shape index (κ2) is 6.27. The van der Waals surface area contributed by atoms with Crippen LogP contribution in [0.2, 0.25) is 0 Å². The molecule has 1 heterocycles. The third kappa shape index (κ3) is 3.32. The number of aromatic nitrogens is 1. The predicted molar refractivity (Wildman–Crippen MR) is 79.9 cm³/mol. The molecule has 0 atom stereocenters. The largest absolute Gasteiger partial charge is 0.456 e. The number of esters is 1. The molecule has 4 heteroatoms. The van der Waals surface area contributed by atoms with Gasteiger partial charge in [0.15, 0.2) is 0 Å². The molecule has 0 aliphatic heterocycles. The van der Waals surface area contributed by atoms with Crippen molar-refractivity contribution < 1.29 is 9.53 Å². The van der Waals surface area contributed by atoms with E-state index in [1.807, 2.05) is 19.1 Å². The molecule has 1 aromatic carbocycles. The standard InChI is InChI=1S/C17H18N2O2/c1-11(2)15-8-13(9-18)12(3)7-14(15)10-21-17(20)16-5-4-6-19-16/h4-8,11,19H,10H2,1-3H3. The number of nitrogens with one attached hydrogen (secondary N) is 1. The smallest absolute Gasteiger partial charge is 0.355 e. The summed E-state index contributed by atoms with van der Waals surface area (Å²) in [6.07, 6.45) is 1.68. The first kappa shape index (κ1) is 14.9. The number of nitrogens with zero attached hydrogens (tertiary/aromatic N) is 1. The molecule has 0 radical (unpaired) electrons. The maximum atomic E-state index is 11.9. The van der Waals surface area contributed by atoms with Crippen LogP contribution in [0.4, 0.5) is 0 Å². The number of H-pyrrole nitrogens is 1. The van der Waals surface area contributed by atoms with Crippen LogP contribution in [0, 0.1) is 18.3 Å². The fourth-order valence-corrected chi connectivity index (χ4v) is 2.25. The Morgan fingerprint density at radius 2 is 2.19 bits per heavy atom. The number of aromatic amines is 1. The lowest BCUT2D eigenvalue weighted by Gasteiger charge is -2.15. The Balaban J connectivity index is 2.21. The highest BCUT2D eigenvalue weighted by Crippen LogP contribution is 2.24. The van der Waals surface area contributed by atoms with Crippen molar-refractivity contribution in [2.75, 3.05) is 0 Å². The Morgan fingerprint density at radius 1 is 1.43 bits per heavy atom. The van der Waals surface area contributed by atoms with Crippen LogP contribution in [0.5, 0.6) is 0 Å². The van der Waals surface area contributed by atoms with Crippen molar-refractivity contribution in [1.29, 1.82) is 5.26 Å². The molecule has 1 aromatic heterocycles. The number of rotatable bonds is 4. The lowest BCUT2D eigenvalue weighted by atomic mass is 9.93. The van der Waals surface area contributed by atoms with Crippen LogP contribution in [0.25, 0.3) is 0 Å². The van der Waals surface area contributed by atoms with Gasteiger partial charge in [0.2, 0.25) is 0 Å². The molecule has 0 saturated carbocycles. The molecule has 0 bridgehead atoms. The second-order valence-electron chi connectivity index (χ2n) is 5.29. The monoisotopic (exact) mass is 282 g/mol. The van der Waals surface area contributed by atoms with E-state index in [-0.39, 0.29) is 18.5 Å². The third-order valence-electron chi connectivity index (χ3n) is 3.41. The Hall–Kier alpha value is -2.54. The average Bonchev–Trinajstić information content (AvgIpc) is 2.98. The highest BCUT2D eigenvalue weighted by molar-refractivity contribution is 5.87. The van der Waals surface area contributed by atoms with Gasteiger partial charge in [-0.1, -0.05) is 19.9 Å². The van der Waals surface area contributed by atoms with Crippen molar-refractivity contribution >= 4 is 5.97 Å². The van der Waals surface area contributed by atoms with Crippen LogP contribution in [0.15, 0.2) is 30.5 Å². The predicted octanol–water partition coefficient (Wildman–Crippen LogP) is 3.68. The number of carbonyl (C=O) groups excluding carboxylic acids is 1. The normalized spacial score (nSPS) is 10.4. The zero-order valence-corrected chi connectivity index (χ0v) is 12.4. The highest BCUT2D eigenvalue weighted by Gasteiger charge is 2.13. The van der Waals surface area contributed by atoms with E-state index in [1.54, 1.807) is 18.3 Å². The number of ether oxygens (including phenoxy) is 1. The summed E-state index contributed by atoms with van der Waals surface area (Å²) in [5.74, 6) is -0.117. The van der Waals surface area contributed by atoms with Gasteiger partial charge in [-0.2, -0.15) is 5.26 Å². The minimum atomic E-state index is -0.378. The van der Waals surface area contributed by atoms with Gasteiger partial charge in [-0.3, -0.25) is 0 Å². The SMILES string of the molecule is Cc1cc(COC(=O)c2ccc[nH]2)c(C(C)C)cc1C#N. The van der Waals surface area contributed by atoms with Gasteiger partial charge in [-0.25, -0.2) is 4.79 Å². The van der Waals surface area contributed by atoms with Gasteiger partial charge in [0.1, 0.15) is 12.3 Å². The first-order valence-electron chi connectivity index (χ1n) is 6.87. The molecular formula is C17H18N2O2. The molecule has 108 valence electrons. The zero-order chi connectivity index (χ0) is 15.4. The fourth-order valence-electron chi connectivity index (χ4n) is 2.25. The molecule has 0 amide bonds. The average molecular weight is 282 g/mol. The van der Waals surface area contributed by atoms with E-state index in [0.29, 0.717) is 11.3 Å². The van der Waals surface area contributed by atoms with Crippen molar-refractivity contribution in [3.63, 3.8) is 0 Å². The lowest BCUT2D eigenvalue weighted by molar-refractivity contribution is 0.0465. The van der Waals surface area contributed by atoms with Crippen LogP contribution < -0.4 is 0 Å². The number of hydrogen-bond donors (Lipinski definition) is 1. The summed E-state index contributed by atoms with van der Waals surface area (Å²) < 4.78 is 5.34. The van der Waals surface area contributed by atoms with Crippen LogP contribution in [0.3, 0.4) is 0 Å². The lowest BCUT2D eigenvalue weighted by Crippen LogP contribution is -2.08. The van der Waals surface area contributed by atoms with Crippen molar-refractivity contribution in [2.24, 2.45) is 0 Å². The molecule has 4 nitrogen and oxygen atoms in total. The maximum Gasteiger partial charge on any atom is 0.355 e. The minimum absolute atomic E-state index is 0.206. The quantitative estimate of drug-likeness (QED) is 0.870. The van der Waals surface area contributed by atoms with Gasteiger partial charge >= 0.3 is 5.97 Å². The molecule has 21 heavy (non-hydrogen) atoms. The van der Waals surface area contributed by atoms with Gasteiger partial charge in [-0.05, 0) is 47.7 Å². The van der Waals surface area contributed by atoms with Gasteiger partial charge in [0, 0.05) is 6.20 Å². The summed E-state index contributed by atoms with van der Waals surface area (Å²) in [5, 5.41) is 9.12. The zero-order valence-electron chi connectivity index (χ0n) is 12.4. The van der Waals surface area contributed by atoms with E-state index >= 15 is 0 Å². The maximum absolute atomic E-state index is 11.9. The van der Waals surface area contributed by atoms with E-state index in [0.717, 1.165) is 16.7 Å². The number of benzene rings is 1. The molecule has 0 aliphatic rings. The molecule has 2 rings (SSSR count). The van der Waals surface area contributed by atoms with E-state index in [9.17, 15) is 4.79 Å². The Bertz CT molecular complexity index is 680. The summed E-state index contributed by atoms with van der Waals surface area (Å²) in [6.45, 7) is 6.21. The van der Waals surface area contributed by atoms with E-state index in [1.165, 1.54) is 0 Å². The summed E-state index contributed by atoms with van der Waals surface area (Å²) >= 11 is 0.